The van der Waals surface area contributed by atoms with Gasteiger partial charge in [-0.05, 0) is 19.8 Å². The Hall–Kier alpha value is -2.58. The first kappa shape index (κ1) is 16.5. The number of aliphatic carboxylic acids is 2. The molecule has 1 aromatic rings. The van der Waals surface area contributed by atoms with Crippen molar-refractivity contribution in [2.24, 2.45) is 0 Å². The van der Waals surface area contributed by atoms with Gasteiger partial charge in [-0.25, -0.2) is 14.6 Å². The maximum Gasteiger partial charge on any atom is 0.326 e. The van der Waals surface area contributed by atoms with E-state index in [9.17, 15) is 14.4 Å². The topological polar surface area (TPSA) is 142 Å². The van der Waals surface area contributed by atoms with Gasteiger partial charge in [0.25, 0.3) is 0 Å². The largest absolute Gasteiger partial charge is 0.481 e. The predicted octanol–water partition coefficient (Wildman–Crippen LogP) is 0.490. The van der Waals surface area contributed by atoms with Gasteiger partial charge in [-0.2, -0.15) is 0 Å². The molecule has 0 spiro atoms. The number of urea groups is 1. The fourth-order valence-corrected chi connectivity index (χ4v) is 1.56. The van der Waals surface area contributed by atoms with Crippen LogP contribution in [0.3, 0.4) is 0 Å². The third kappa shape index (κ3) is 6.41. The van der Waals surface area contributed by atoms with Gasteiger partial charge in [0.1, 0.15) is 11.8 Å². The van der Waals surface area contributed by atoms with Gasteiger partial charge in [0.15, 0.2) is 0 Å². The van der Waals surface area contributed by atoms with Crippen LogP contribution in [0.4, 0.5) is 4.79 Å². The molecule has 4 N–H and O–H groups in total. The van der Waals surface area contributed by atoms with Crippen molar-refractivity contribution in [3.63, 3.8) is 0 Å². The minimum absolute atomic E-state index is 0.0289. The van der Waals surface area contributed by atoms with Crippen LogP contribution in [-0.2, 0) is 16.1 Å². The summed E-state index contributed by atoms with van der Waals surface area (Å²) in [6, 6.07) is -1.83. The van der Waals surface area contributed by atoms with Crippen LogP contribution in [0.15, 0.2) is 10.6 Å². The first-order valence-corrected chi connectivity index (χ1v) is 6.28. The van der Waals surface area contributed by atoms with E-state index in [-0.39, 0.29) is 25.8 Å². The first-order valence-electron chi connectivity index (χ1n) is 6.28. The summed E-state index contributed by atoms with van der Waals surface area (Å²) in [7, 11) is 0. The van der Waals surface area contributed by atoms with Gasteiger partial charge in [0.2, 0.25) is 5.89 Å². The molecule has 0 saturated carbocycles. The molecule has 116 valence electrons. The monoisotopic (exact) mass is 299 g/mol. The van der Waals surface area contributed by atoms with Crippen molar-refractivity contribution in [3.05, 3.63) is 17.8 Å². The number of nitrogens with one attached hydrogen (secondary N) is 2. The van der Waals surface area contributed by atoms with Crippen LogP contribution in [-0.4, -0.2) is 39.2 Å². The lowest BCUT2D eigenvalue weighted by atomic mass is 10.1. The fraction of sp³-hybridized carbons (Fsp3) is 0.500. The lowest BCUT2D eigenvalue weighted by Gasteiger charge is -2.14. The van der Waals surface area contributed by atoms with Gasteiger partial charge in [-0.1, -0.05) is 0 Å². The van der Waals surface area contributed by atoms with Gasteiger partial charge in [0.05, 0.1) is 12.7 Å². The van der Waals surface area contributed by atoms with Gasteiger partial charge >= 0.3 is 18.0 Å². The van der Waals surface area contributed by atoms with E-state index < -0.39 is 24.0 Å². The quantitative estimate of drug-likeness (QED) is 0.547. The lowest BCUT2D eigenvalue weighted by Crippen LogP contribution is -2.45. The lowest BCUT2D eigenvalue weighted by molar-refractivity contribution is -0.140. The van der Waals surface area contributed by atoms with Crippen LogP contribution >= 0.6 is 0 Å². The molecule has 9 nitrogen and oxygen atoms in total. The van der Waals surface area contributed by atoms with Gasteiger partial charge in [-0.15, -0.1) is 0 Å². The van der Waals surface area contributed by atoms with Gasteiger partial charge in [0, 0.05) is 6.42 Å². The van der Waals surface area contributed by atoms with Crippen LogP contribution in [0.1, 0.15) is 30.9 Å². The van der Waals surface area contributed by atoms with Crippen molar-refractivity contribution in [1.29, 1.82) is 0 Å². The molecule has 0 unspecified atom stereocenters. The van der Waals surface area contributed by atoms with Crippen molar-refractivity contribution in [1.82, 2.24) is 15.6 Å². The molecular formula is C12H17N3O6. The molecule has 1 atom stereocenters. The Balaban J connectivity index is 2.37. The molecular weight excluding hydrogens is 282 g/mol. The number of aryl methyl sites for hydroxylation is 1. The number of carboxylic acids is 2. The zero-order valence-corrected chi connectivity index (χ0v) is 11.5. The fourth-order valence-electron chi connectivity index (χ4n) is 1.56. The molecule has 2 amide bonds. The normalized spacial score (nSPS) is 11.7. The van der Waals surface area contributed by atoms with E-state index >= 15 is 0 Å². The van der Waals surface area contributed by atoms with Crippen molar-refractivity contribution >= 4 is 18.0 Å². The number of rotatable bonds is 8. The van der Waals surface area contributed by atoms with Gasteiger partial charge in [-0.3, -0.25) is 4.79 Å². The van der Waals surface area contributed by atoms with Crippen LogP contribution < -0.4 is 10.6 Å². The Bertz CT molecular complexity index is 513. The second-order valence-electron chi connectivity index (χ2n) is 4.37. The van der Waals surface area contributed by atoms with Crippen LogP contribution in [0.25, 0.3) is 0 Å². The molecule has 1 rings (SSSR count). The van der Waals surface area contributed by atoms with Crippen molar-refractivity contribution < 1.29 is 29.0 Å². The molecule has 0 aromatic carbocycles. The third-order valence-electron chi connectivity index (χ3n) is 2.56. The Morgan fingerprint density at radius 2 is 2.10 bits per heavy atom. The van der Waals surface area contributed by atoms with E-state index in [1.54, 1.807) is 6.92 Å². The van der Waals surface area contributed by atoms with E-state index in [2.05, 4.69) is 15.6 Å². The Kier molecular flexibility index (Phi) is 6.18. The zero-order chi connectivity index (χ0) is 15.8. The molecule has 0 aliphatic carbocycles. The number of hydrogen-bond acceptors (Lipinski definition) is 5. The molecule has 0 saturated heterocycles. The number of hydrogen-bond donors (Lipinski definition) is 4. The maximum absolute atomic E-state index is 11.6. The molecule has 0 aliphatic heterocycles. The average molecular weight is 299 g/mol. The molecule has 21 heavy (non-hydrogen) atoms. The maximum atomic E-state index is 11.6. The molecule has 1 heterocycles. The minimum Gasteiger partial charge on any atom is -0.481 e. The summed E-state index contributed by atoms with van der Waals surface area (Å²) in [6.07, 6.45) is 1.54. The Labute approximate surface area is 120 Å². The number of carbonyl (C=O) groups excluding carboxylic acids is 1. The molecule has 0 bridgehead atoms. The highest BCUT2D eigenvalue weighted by Gasteiger charge is 2.20. The number of amides is 2. The van der Waals surface area contributed by atoms with Crippen molar-refractivity contribution in [2.45, 2.75) is 38.8 Å². The molecule has 0 aliphatic rings. The molecule has 0 fully saturated rings. The Morgan fingerprint density at radius 1 is 1.38 bits per heavy atom. The molecule has 0 radical (unpaired) electrons. The SMILES string of the molecule is Cc1cnc(CNC(=O)N[C@H](CCCC(=O)O)C(=O)O)o1. The summed E-state index contributed by atoms with van der Waals surface area (Å²) in [6.45, 7) is 1.74. The second kappa shape index (κ2) is 7.88. The summed E-state index contributed by atoms with van der Waals surface area (Å²) in [4.78, 5) is 36.8. The van der Waals surface area contributed by atoms with E-state index in [4.69, 9.17) is 14.6 Å². The van der Waals surface area contributed by atoms with Crippen molar-refractivity contribution in [2.75, 3.05) is 0 Å². The second-order valence-corrected chi connectivity index (χ2v) is 4.37. The number of carboxylic acid groups (broad SMARTS) is 2. The molecule has 9 heteroatoms. The number of aromatic nitrogens is 1. The van der Waals surface area contributed by atoms with E-state index in [1.165, 1.54) is 6.20 Å². The highest BCUT2D eigenvalue weighted by molar-refractivity contribution is 5.82. The number of carbonyl (C=O) groups is 3. The van der Waals surface area contributed by atoms with Gasteiger partial charge < -0.3 is 25.3 Å². The Morgan fingerprint density at radius 3 is 2.62 bits per heavy atom. The summed E-state index contributed by atoms with van der Waals surface area (Å²) in [5.74, 6) is -1.32. The highest BCUT2D eigenvalue weighted by atomic mass is 16.4. The summed E-state index contributed by atoms with van der Waals surface area (Å²) in [5.41, 5.74) is 0. The zero-order valence-electron chi connectivity index (χ0n) is 11.5. The van der Waals surface area contributed by atoms with Crippen molar-refractivity contribution in [3.8, 4) is 0 Å². The van der Waals surface area contributed by atoms with E-state index in [0.717, 1.165) is 0 Å². The van der Waals surface area contributed by atoms with E-state index in [0.29, 0.717) is 11.7 Å². The highest BCUT2D eigenvalue weighted by Crippen LogP contribution is 2.03. The summed E-state index contributed by atoms with van der Waals surface area (Å²) in [5, 5.41) is 22.1. The smallest absolute Gasteiger partial charge is 0.326 e. The van der Waals surface area contributed by atoms with Crippen LogP contribution in [0.2, 0.25) is 0 Å². The number of oxazole rings is 1. The predicted molar refractivity (Wildman–Crippen MR) is 69.5 cm³/mol. The standard InChI is InChI=1S/C12H17N3O6/c1-7-5-13-9(21-7)6-14-12(20)15-8(11(18)19)3-2-4-10(16)17/h5,8H,2-4,6H2,1H3,(H,16,17)(H,18,19)(H2,14,15,20)/t8-/m1/s1. The third-order valence-corrected chi connectivity index (χ3v) is 2.56. The van der Waals surface area contributed by atoms with Crippen LogP contribution in [0.5, 0.6) is 0 Å². The summed E-state index contributed by atoms with van der Waals surface area (Å²) < 4.78 is 5.14. The minimum atomic E-state index is -1.22. The van der Waals surface area contributed by atoms with Crippen LogP contribution in [0, 0.1) is 6.92 Å². The number of nitrogens with zero attached hydrogens (tertiary/aromatic N) is 1. The molecule has 1 aromatic heterocycles. The average Bonchev–Trinajstić information content (AvgIpc) is 2.80. The van der Waals surface area contributed by atoms with E-state index in [1.807, 2.05) is 0 Å². The first-order chi connectivity index (χ1) is 9.88. The summed E-state index contributed by atoms with van der Waals surface area (Å²) >= 11 is 0.